The molecule has 170 valence electrons. The van der Waals surface area contributed by atoms with E-state index >= 15 is 0 Å². The van der Waals surface area contributed by atoms with Gasteiger partial charge in [0.1, 0.15) is 17.6 Å². The van der Waals surface area contributed by atoms with Crippen molar-refractivity contribution in [3.8, 4) is 0 Å². The average molecular weight is 449 g/mol. The number of halogens is 1. The molecular weight excluding hydrogens is 415 g/mol. The largest absolute Gasteiger partial charge is 0.394 e. The molecule has 0 aliphatic carbocycles. The molecule has 2 aliphatic heterocycles. The van der Waals surface area contributed by atoms with Gasteiger partial charge in [0.25, 0.3) is 0 Å². The fourth-order valence-electron chi connectivity index (χ4n) is 4.43. The minimum absolute atomic E-state index is 0.0343. The Bertz CT molecular complexity index is 876. The van der Waals surface area contributed by atoms with Crippen molar-refractivity contribution in [1.29, 1.82) is 0 Å². The van der Waals surface area contributed by atoms with E-state index in [1.165, 1.54) is 10.4 Å². The number of aromatic nitrogens is 2. The Morgan fingerprint density at radius 3 is 2.68 bits per heavy atom. The Labute approximate surface area is 187 Å². The number of thiophene rings is 1. The van der Waals surface area contributed by atoms with Gasteiger partial charge in [-0.05, 0) is 51.7 Å². The molecule has 4 rings (SSSR count). The molecule has 0 bridgehead atoms. The molecule has 8 heteroatoms. The van der Waals surface area contributed by atoms with Gasteiger partial charge in [0, 0.05) is 29.3 Å². The van der Waals surface area contributed by atoms with Crippen molar-refractivity contribution in [1.82, 2.24) is 14.9 Å². The van der Waals surface area contributed by atoms with Gasteiger partial charge in [0.05, 0.1) is 43.4 Å². The summed E-state index contributed by atoms with van der Waals surface area (Å²) in [5, 5.41) is 12.6. The molecule has 0 aromatic carbocycles. The van der Waals surface area contributed by atoms with Crippen LogP contribution in [0.15, 0.2) is 18.5 Å². The quantitative estimate of drug-likeness (QED) is 0.673. The SMILES string of the molecule is CC(F)Cc1cc2c(s1)C1(CCN(Cc3ncc(NC(C)(C)CO)cn3)CC1)OCC2. The zero-order valence-corrected chi connectivity index (χ0v) is 19.5. The number of likely N-dealkylation sites (tertiary alicyclic amines) is 1. The van der Waals surface area contributed by atoms with Crippen LogP contribution in [0.5, 0.6) is 0 Å². The van der Waals surface area contributed by atoms with Crippen LogP contribution in [0.3, 0.4) is 0 Å². The third-order valence-corrected chi connectivity index (χ3v) is 7.50. The maximum absolute atomic E-state index is 13.5. The van der Waals surface area contributed by atoms with Gasteiger partial charge in [0.2, 0.25) is 0 Å². The van der Waals surface area contributed by atoms with E-state index in [0.717, 1.165) is 55.3 Å². The lowest BCUT2D eigenvalue weighted by Crippen LogP contribution is -2.45. The van der Waals surface area contributed by atoms with E-state index < -0.39 is 11.7 Å². The normalized spacial score (nSPS) is 19.9. The summed E-state index contributed by atoms with van der Waals surface area (Å²) < 4.78 is 19.9. The summed E-state index contributed by atoms with van der Waals surface area (Å²) in [4.78, 5) is 13.8. The first-order valence-electron chi connectivity index (χ1n) is 11.1. The standard InChI is InChI=1S/C23H33FN4O2S/c1-16(24)10-19-11-17-4-9-30-23(21(17)31-19)5-7-28(8-6-23)14-20-25-12-18(13-26-20)27-22(2,3)15-29/h11-13,16,27,29H,4-10,14-15H2,1-3H3. The van der Waals surface area contributed by atoms with E-state index in [9.17, 15) is 9.50 Å². The Balaban J connectivity index is 1.37. The lowest BCUT2D eigenvalue weighted by atomic mass is 9.85. The number of piperidine rings is 1. The lowest BCUT2D eigenvalue weighted by Gasteiger charge is -2.43. The van der Waals surface area contributed by atoms with Crippen LogP contribution in [-0.2, 0) is 29.7 Å². The minimum atomic E-state index is -0.810. The molecule has 1 spiro atoms. The van der Waals surface area contributed by atoms with Crippen LogP contribution in [0.4, 0.5) is 10.1 Å². The number of hydrogen-bond donors (Lipinski definition) is 2. The molecular formula is C23H33FN4O2S. The maximum atomic E-state index is 13.5. The van der Waals surface area contributed by atoms with Crippen molar-refractivity contribution in [2.75, 3.05) is 31.6 Å². The van der Waals surface area contributed by atoms with Crippen LogP contribution in [0, 0.1) is 0 Å². The second-order valence-electron chi connectivity index (χ2n) is 9.48. The first kappa shape index (κ1) is 22.6. The molecule has 1 atom stereocenters. The maximum Gasteiger partial charge on any atom is 0.142 e. The lowest BCUT2D eigenvalue weighted by molar-refractivity contribution is -0.0963. The molecule has 1 fully saturated rings. The number of fused-ring (bicyclic) bond motifs is 2. The molecule has 0 amide bonds. The highest BCUT2D eigenvalue weighted by atomic mass is 32.1. The third-order valence-electron chi connectivity index (χ3n) is 6.12. The second-order valence-corrected chi connectivity index (χ2v) is 10.6. The summed E-state index contributed by atoms with van der Waals surface area (Å²) in [6, 6.07) is 2.20. The highest BCUT2D eigenvalue weighted by Crippen LogP contribution is 2.45. The molecule has 2 aromatic rings. The molecule has 2 aromatic heterocycles. The van der Waals surface area contributed by atoms with Crippen LogP contribution < -0.4 is 5.32 Å². The van der Waals surface area contributed by atoms with Gasteiger partial charge >= 0.3 is 0 Å². The number of aliphatic hydroxyl groups excluding tert-OH is 1. The number of alkyl halides is 1. The van der Waals surface area contributed by atoms with Crippen LogP contribution in [0.1, 0.15) is 54.8 Å². The van der Waals surface area contributed by atoms with Gasteiger partial charge < -0.3 is 15.2 Å². The van der Waals surface area contributed by atoms with Crippen molar-refractivity contribution in [3.63, 3.8) is 0 Å². The predicted molar refractivity (Wildman–Crippen MR) is 121 cm³/mol. The van der Waals surface area contributed by atoms with Gasteiger partial charge in [-0.25, -0.2) is 14.4 Å². The van der Waals surface area contributed by atoms with Gasteiger partial charge in [-0.15, -0.1) is 11.3 Å². The molecule has 1 unspecified atom stereocenters. The highest BCUT2D eigenvalue weighted by Gasteiger charge is 2.42. The molecule has 31 heavy (non-hydrogen) atoms. The number of nitrogens with zero attached hydrogens (tertiary/aromatic N) is 3. The highest BCUT2D eigenvalue weighted by molar-refractivity contribution is 7.12. The first-order valence-corrected chi connectivity index (χ1v) is 11.9. The van der Waals surface area contributed by atoms with E-state index in [2.05, 4.69) is 26.3 Å². The van der Waals surface area contributed by atoms with E-state index in [-0.39, 0.29) is 12.2 Å². The predicted octanol–water partition coefficient (Wildman–Crippen LogP) is 3.69. The summed E-state index contributed by atoms with van der Waals surface area (Å²) in [5.41, 5.74) is 1.54. The first-order chi connectivity index (χ1) is 14.8. The van der Waals surface area contributed by atoms with Crippen molar-refractivity contribution in [3.05, 3.63) is 39.6 Å². The van der Waals surface area contributed by atoms with E-state index in [1.54, 1.807) is 30.7 Å². The fourth-order valence-corrected chi connectivity index (χ4v) is 5.95. The van der Waals surface area contributed by atoms with Gasteiger partial charge in [-0.1, -0.05) is 0 Å². The average Bonchev–Trinajstić information content (AvgIpc) is 3.14. The fraction of sp³-hybridized carbons (Fsp3) is 0.652. The molecule has 6 nitrogen and oxygen atoms in total. The van der Waals surface area contributed by atoms with Gasteiger partial charge in [-0.2, -0.15) is 0 Å². The minimum Gasteiger partial charge on any atom is -0.394 e. The van der Waals surface area contributed by atoms with Crippen LogP contribution in [-0.4, -0.2) is 58.0 Å². The number of aliphatic hydroxyl groups is 1. The van der Waals surface area contributed by atoms with Crippen molar-refractivity contribution >= 4 is 17.0 Å². The zero-order chi connectivity index (χ0) is 22.1. The Morgan fingerprint density at radius 1 is 1.32 bits per heavy atom. The van der Waals surface area contributed by atoms with Crippen LogP contribution in [0.25, 0.3) is 0 Å². The van der Waals surface area contributed by atoms with Crippen molar-refractivity contribution < 1.29 is 14.2 Å². The molecule has 2 N–H and O–H groups in total. The zero-order valence-electron chi connectivity index (χ0n) is 18.7. The molecule has 0 radical (unpaired) electrons. The number of anilines is 1. The second kappa shape index (κ2) is 9.10. The Hall–Kier alpha value is -1.61. The number of rotatable bonds is 7. The topological polar surface area (TPSA) is 70.5 Å². The van der Waals surface area contributed by atoms with E-state index in [0.29, 0.717) is 13.0 Å². The Morgan fingerprint density at radius 2 is 2.03 bits per heavy atom. The molecule has 2 aliphatic rings. The monoisotopic (exact) mass is 448 g/mol. The summed E-state index contributed by atoms with van der Waals surface area (Å²) in [6.07, 6.45) is 6.05. The van der Waals surface area contributed by atoms with Gasteiger partial charge in [-0.3, -0.25) is 4.90 Å². The Kier molecular flexibility index (Phi) is 6.62. The summed E-state index contributed by atoms with van der Waals surface area (Å²) in [7, 11) is 0. The van der Waals surface area contributed by atoms with Crippen molar-refractivity contribution in [2.24, 2.45) is 0 Å². The number of hydrogen-bond acceptors (Lipinski definition) is 7. The number of ether oxygens (including phenoxy) is 1. The summed E-state index contributed by atoms with van der Waals surface area (Å²) in [5.74, 6) is 0.795. The van der Waals surface area contributed by atoms with Crippen molar-refractivity contribution in [2.45, 2.75) is 70.3 Å². The molecule has 0 saturated carbocycles. The smallest absolute Gasteiger partial charge is 0.142 e. The van der Waals surface area contributed by atoms with Crippen LogP contribution in [0.2, 0.25) is 0 Å². The summed E-state index contributed by atoms with van der Waals surface area (Å²) >= 11 is 1.75. The van der Waals surface area contributed by atoms with Gasteiger partial charge in [0.15, 0.2) is 0 Å². The molecule has 4 heterocycles. The van der Waals surface area contributed by atoms with E-state index in [4.69, 9.17) is 4.74 Å². The number of nitrogens with one attached hydrogen (secondary N) is 1. The summed E-state index contributed by atoms with van der Waals surface area (Å²) in [6.45, 7) is 8.82. The van der Waals surface area contributed by atoms with Crippen LogP contribution >= 0.6 is 11.3 Å². The molecule has 1 saturated heterocycles. The third kappa shape index (κ3) is 5.25. The van der Waals surface area contributed by atoms with E-state index in [1.807, 2.05) is 13.8 Å².